The SMILES string of the molecule is CC1(C)OC[C@H](/C=C/C(=O)N2CCCC(N3CCNC3=O)C2)O1. The van der Waals surface area contributed by atoms with Crippen molar-refractivity contribution in [1.82, 2.24) is 15.1 Å². The van der Waals surface area contributed by atoms with E-state index in [1.807, 2.05) is 23.6 Å². The van der Waals surface area contributed by atoms with Gasteiger partial charge in [-0.1, -0.05) is 0 Å². The van der Waals surface area contributed by atoms with Gasteiger partial charge in [0.15, 0.2) is 5.79 Å². The first-order valence-electron chi connectivity index (χ1n) is 8.28. The van der Waals surface area contributed by atoms with Gasteiger partial charge in [0.2, 0.25) is 5.91 Å². The van der Waals surface area contributed by atoms with E-state index in [1.54, 1.807) is 12.2 Å². The zero-order chi connectivity index (χ0) is 16.4. The molecule has 128 valence electrons. The first-order valence-corrected chi connectivity index (χ1v) is 8.28. The van der Waals surface area contributed by atoms with E-state index in [2.05, 4.69) is 5.32 Å². The van der Waals surface area contributed by atoms with Gasteiger partial charge >= 0.3 is 6.03 Å². The number of hydrogen-bond donors (Lipinski definition) is 1. The largest absolute Gasteiger partial charge is 0.347 e. The van der Waals surface area contributed by atoms with Gasteiger partial charge in [0.25, 0.3) is 0 Å². The molecule has 3 fully saturated rings. The number of nitrogens with zero attached hydrogens (tertiary/aromatic N) is 2. The van der Waals surface area contributed by atoms with Crippen LogP contribution in [0.15, 0.2) is 12.2 Å². The van der Waals surface area contributed by atoms with E-state index in [1.165, 1.54) is 0 Å². The van der Waals surface area contributed by atoms with Crippen molar-refractivity contribution in [2.24, 2.45) is 0 Å². The Hall–Kier alpha value is -1.60. The van der Waals surface area contributed by atoms with E-state index in [9.17, 15) is 9.59 Å². The summed E-state index contributed by atoms with van der Waals surface area (Å²) in [7, 11) is 0. The van der Waals surface area contributed by atoms with E-state index in [0.717, 1.165) is 25.9 Å². The van der Waals surface area contributed by atoms with Crippen LogP contribution in [0.2, 0.25) is 0 Å². The molecule has 3 saturated heterocycles. The van der Waals surface area contributed by atoms with Crippen LogP contribution >= 0.6 is 0 Å². The second-order valence-corrected chi connectivity index (χ2v) is 6.73. The van der Waals surface area contributed by atoms with Crippen molar-refractivity contribution in [3.63, 3.8) is 0 Å². The highest BCUT2D eigenvalue weighted by atomic mass is 16.7. The molecule has 0 saturated carbocycles. The fourth-order valence-electron chi connectivity index (χ4n) is 3.35. The van der Waals surface area contributed by atoms with Crippen molar-refractivity contribution in [3.8, 4) is 0 Å². The average molecular weight is 323 g/mol. The van der Waals surface area contributed by atoms with Crippen LogP contribution < -0.4 is 5.32 Å². The molecule has 0 aromatic carbocycles. The number of urea groups is 1. The quantitative estimate of drug-likeness (QED) is 0.777. The molecule has 1 unspecified atom stereocenters. The van der Waals surface area contributed by atoms with Gasteiger partial charge in [-0.05, 0) is 32.8 Å². The molecule has 0 aromatic rings. The standard InChI is InChI=1S/C16H25N3O4/c1-16(2)22-11-13(23-16)5-6-14(20)18-8-3-4-12(10-18)19-9-7-17-15(19)21/h5-6,12-13H,3-4,7-11H2,1-2H3,(H,17,21)/b6-5+/t12?,13-/m0/s1. The molecule has 3 heterocycles. The normalized spacial score (nSPS) is 31.0. The van der Waals surface area contributed by atoms with Crippen LogP contribution in [0.5, 0.6) is 0 Å². The van der Waals surface area contributed by atoms with E-state index < -0.39 is 5.79 Å². The molecular formula is C16H25N3O4. The van der Waals surface area contributed by atoms with Gasteiger partial charge in [-0.25, -0.2) is 4.79 Å². The number of likely N-dealkylation sites (tertiary alicyclic amines) is 1. The summed E-state index contributed by atoms with van der Waals surface area (Å²) in [6.45, 7) is 6.94. The molecule has 0 radical (unpaired) electrons. The summed E-state index contributed by atoms with van der Waals surface area (Å²) in [5.41, 5.74) is 0. The fraction of sp³-hybridized carbons (Fsp3) is 0.750. The van der Waals surface area contributed by atoms with E-state index >= 15 is 0 Å². The molecule has 0 aliphatic carbocycles. The van der Waals surface area contributed by atoms with Crippen LogP contribution in [-0.2, 0) is 14.3 Å². The van der Waals surface area contributed by atoms with Crippen molar-refractivity contribution in [3.05, 3.63) is 12.2 Å². The lowest BCUT2D eigenvalue weighted by atomic mass is 10.0. The first-order chi connectivity index (χ1) is 10.9. The summed E-state index contributed by atoms with van der Waals surface area (Å²) < 4.78 is 11.1. The zero-order valence-electron chi connectivity index (χ0n) is 13.8. The number of amides is 3. The highest BCUT2D eigenvalue weighted by Crippen LogP contribution is 2.23. The Morgan fingerprint density at radius 3 is 2.87 bits per heavy atom. The Morgan fingerprint density at radius 2 is 2.22 bits per heavy atom. The summed E-state index contributed by atoms with van der Waals surface area (Å²) in [5.74, 6) is -0.611. The van der Waals surface area contributed by atoms with Crippen LogP contribution in [0.25, 0.3) is 0 Å². The highest BCUT2D eigenvalue weighted by Gasteiger charge is 2.33. The maximum atomic E-state index is 12.4. The van der Waals surface area contributed by atoms with Crippen molar-refractivity contribution < 1.29 is 19.1 Å². The van der Waals surface area contributed by atoms with Crippen molar-refractivity contribution in [1.29, 1.82) is 0 Å². The summed E-state index contributed by atoms with van der Waals surface area (Å²) in [5, 5.41) is 2.82. The lowest BCUT2D eigenvalue weighted by molar-refractivity contribution is -0.134. The molecule has 3 aliphatic heterocycles. The van der Waals surface area contributed by atoms with Gasteiger partial charge in [0.05, 0.1) is 12.6 Å². The molecule has 0 aromatic heterocycles. The summed E-state index contributed by atoms with van der Waals surface area (Å²) >= 11 is 0. The maximum Gasteiger partial charge on any atom is 0.317 e. The topological polar surface area (TPSA) is 71.1 Å². The Labute approximate surface area is 136 Å². The lowest BCUT2D eigenvalue weighted by Crippen LogP contribution is -2.50. The molecule has 23 heavy (non-hydrogen) atoms. The fourth-order valence-corrected chi connectivity index (χ4v) is 3.35. The van der Waals surface area contributed by atoms with Crippen LogP contribution in [0.1, 0.15) is 26.7 Å². The number of nitrogens with one attached hydrogen (secondary N) is 1. The van der Waals surface area contributed by atoms with Crippen LogP contribution in [-0.4, -0.2) is 72.5 Å². The minimum Gasteiger partial charge on any atom is -0.347 e. The third kappa shape index (κ3) is 3.84. The number of carbonyl (C=O) groups excluding carboxylic acids is 2. The van der Waals surface area contributed by atoms with E-state index in [4.69, 9.17) is 9.47 Å². The second-order valence-electron chi connectivity index (χ2n) is 6.73. The molecular weight excluding hydrogens is 298 g/mol. The monoisotopic (exact) mass is 323 g/mol. The smallest absolute Gasteiger partial charge is 0.317 e. The van der Waals surface area contributed by atoms with E-state index in [0.29, 0.717) is 19.7 Å². The average Bonchev–Trinajstić information content (AvgIpc) is 3.10. The Bertz CT molecular complexity index is 506. The predicted octanol–water partition coefficient (Wildman–Crippen LogP) is 0.710. The van der Waals surface area contributed by atoms with Gasteiger partial charge in [-0.2, -0.15) is 0 Å². The van der Waals surface area contributed by atoms with Gasteiger partial charge in [-0.15, -0.1) is 0 Å². The molecule has 2 atom stereocenters. The zero-order valence-corrected chi connectivity index (χ0v) is 13.8. The summed E-state index contributed by atoms with van der Waals surface area (Å²) in [4.78, 5) is 27.8. The van der Waals surface area contributed by atoms with Crippen LogP contribution in [0.3, 0.4) is 0 Å². The Morgan fingerprint density at radius 1 is 1.39 bits per heavy atom. The highest BCUT2D eigenvalue weighted by molar-refractivity contribution is 5.87. The van der Waals surface area contributed by atoms with Crippen LogP contribution in [0.4, 0.5) is 4.79 Å². The molecule has 3 aliphatic rings. The molecule has 7 nitrogen and oxygen atoms in total. The van der Waals surface area contributed by atoms with E-state index in [-0.39, 0.29) is 24.1 Å². The minimum absolute atomic E-state index is 0.0152. The number of rotatable bonds is 3. The van der Waals surface area contributed by atoms with Crippen molar-refractivity contribution >= 4 is 11.9 Å². The molecule has 7 heteroatoms. The van der Waals surface area contributed by atoms with Gasteiger partial charge in [0.1, 0.15) is 6.10 Å². The molecule has 0 spiro atoms. The number of hydrogen-bond acceptors (Lipinski definition) is 4. The Kier molecular flexibility index (Phi) is 4.59. The first kappa shape index (κ1) is 16.3. The third-order valence-electron chi connectivity index (χ3n) is 4.52. The second kappa shape index (κ2) is 6.49. The van der Waals surface area contributed by atoms with Crippen LogP contribution in [0, 0.1) is 0 Å². The minimum atomic E-state index is -0.586. The lowest BCUT2D eigenvalue weighted by Gasteiger charge is -2.36. The number of ether oxygens (including phenoxy) is 2. The summed E-state index contributed by atoms with van der Waals surface area (Å²) in [6, 6.07) is 0.104. The molecule has 3 rings (SSSR count). The van der Waals surface area contributed by atoms with Crippen molar-refractivity contribution in [2.75, 3.05) is 32.8 Å². The predicted molar refractivity (Wildman–Crippen MR) is 83.8 cm³/mol. The Balaban J connectivity index is 1.54. The van der Waals surface area contributed by atoms with Gasteiger partial charge < -0.3 is 24.6 Å². The molecule has 3 amide bonds. The third-order valence-corrected chi connectivity index (χ3v) is 4.52. The number of carbonyl (C=O) groups is 2. The van der Waals surface area contributed by atoms with Crippen molar-refractivity contribution in [2.45, 2.75) is 44.6 Å². The van der Waals surface area contributed by atoms with Gasteiger partial charge in [-0.3, -0.25) is 4.79 Å². The number of piperidine rings is 1. The summed E-state index contributed by atoms with van der Waals surface area (Å²) in [6.07, 6.45) is 5.03. The maximum absolute atomic E-state index is 12.4. The van der Waals surface area contributed by atoms with Gasteiger partial charge in [0, 0.05) is 32.3 Å². The molecule has 0 bridgehead atoms. The molecule has 1 N–H and O–H groups in total.